The van der Waals surface area contributed by atoms with Crippen molar-refractivity contribution in [3.63, 3.8) is 0 Å². The third kappa shape index (κ3) is 4.05. The molecule has 0 aliphatic carbocycles. The fourth-order valence-electron chi connectivity index (χ4n) is 3.20. The zero-order valence-corrected chi connectivity index (χ0v) is 17.6. The van der Waals surface area contributed by atoms with Gasteiger partial charge in [-0.05, 0) is 23.1 Å². The molecule has 0 fully saturated rings. The van der Waals surface area contributed by atoms with Crippen LogP contribution in [0.1, 0.15) is 32.0 Å². The van der Waals surface area contributed by atoms with Gasteiger partial charge in [-0.1, -0.05) is 51.1 Å². The molecule has 0 radical (unpaired) electrons. The molecule has 2 aromatic carbocycles. The molecule has 0 amide bonds. The first kappa shape index (κ1) is 19.7. The number of nitrogens with zero attached hydrogens (tertiary/aromatic N) is 3. The van der Waals surface area contributed by atoms with Gasteiger partial charge in [0.1, 0.15) is 5.75 Å². The third-order valence-electron chi connectivity index (χ3n) is 4.95. The van der Waals surface area contributed by atoms with E-state index >= 15 is 0 Å². The second kappa shape index (κ2) is 7.67. The average Bonchev–Trinajstić information content (AvgIpc) is 3.17. The maximum Gasteiger partial charge on any atom is 0.274 e. The molecule has 2 aromatic heterocycles. The van der Waals surface area contributed by atoms with Gasteiger partial charge in [0.05, 0.1) is 19.3 Å². The molecule has 30 heavy (non-hydrogen) atoms. The molecule has 0 aliphatic heterocycles. The Hall–Kier alpha value is -3.61. The number of hydrogen-bond donors (Lipinski definition) is 2. The van der Waals surface area contributed by atoms with Gasteiger partial charge in [-0.15, -0.1) is 0 Å². The lowest BCUT2D eigenvalue weighted by atomic mass is 9.87. The average molecular weight is 403 g/mol. The van der Waals surface area contributed by atoms with Crippen LogP contribution in [0.5, 0.6) is 5.75 Å². The number of aromatic nitrogens is 4. The molecule has 0 saturated heterocycles. The smallest absolute Gasteiger partial charge is 0.274 e. The first-order valence-electron chi connectivity index (χ1n) is 9.81. The number of rotatable bonds is 5. The Balaban J connectivity index is 1.59. The minimum atomic E-state index is -0.201. The summed E-state index contributed by atoms with van der Waals surface area (Å²) in [5.74, 6) is 1.72. The van der Waals surface area contributed by atoms with Crippen LogP contribution in [0, 0.1) is 0 Å². The van der Waals surface area contributed by atoms with E-state index in [1.807, 2.05) is 36.4 Å². The van der Waals surface area contributed by atoms with E-state index in [2.05, 4.69) is 53.3 Å². The summed E-state index contributed by atoms with van der Waals surface area (Å²) < 4.78 is 6.59. The van der Waals surface area contributed by atoms with Crippen molar-refractivity contribution >= 4 is 11.5 Å². The molecule has 4 aromatic rings. The SMILES string of the molecule is COc1cccc(NCc2cc(=O)n3[nH]c(-c4ccc(C(C)(C)C)cc4)nc3n2)c1. The van der Waals surface area contributed by atoms with Crippen LogP contribution in [0.15, 0.2) is 59.4 Å². The number of benzene rings is 2. The number of ether oxygens (including phenoxy) is 1. The van der Waals surface area contributed by atoms with Gasteiger partial charge < -0.3 is 10.1 Å². The van der Waals surface area contributed by atoms with E-state index in [1.54, 1.807) is 7.11 Å². The van der Waals surface area contributed by atoms with Gasteiger partial charge in [0.15, 0.2) is 5.82 Å². The predicted octanol–water partition coefficient (Wildman–Crippen LogP) is 4.00. The molecule has 0 saturated carbocycles. The summed E-state index contributed by atoms with van der Waals surface area (Å²) in [4.78, 5) is 21.6. The predicted molar refractivity (Wildman–Crippen MR) is 118 cm³/mol. The lowest BCUT2D eigenvalue weighted by Crippen LogP contribution is -2.17. The molecular weight excluding hydrogens is 378 g/mol. The summed E-state index contributed by atoms with van der Waals surface area (Å²) in [6.45, 7) is 6.93. The zero-order chi connectivity index (χ0) is 21.3. The highest BCUT2D eigenvalue weighted by molar-refractivity contribution is 5.57. The Morgan fingerprint density at radius 2 is 1.83 bits per heavy atom. The number of anilines is 1. The molecule has 0 bridgehead atoms. The van der Waals surface area contributed by atoms with E-state index in [0.29, 0.717) is 23.8 Å². The van der Waals surface area contributed by atoms with Gasteiger partial charge >= 0.3 is 0 Å². The number of hydrogen-bond acceptors (Lipinski definition) is 5. The van der Waals surface area contributed by atoms with Crippen LogP contribution < -0.4 is 15.6 Å². The fourth-order valence-corrected chi connectivity index (χ4v) is 3.20. The fraction of sp³-hybridized carbons (Fsp3) is 0.261. The van der Waals surface area contributed by atoms with Gasteiger partial charge in [-0.2, -0.15) is 9.50 Å². The van der Waals surface area contributed by atoms with Crippen LogP contribution in [0.3, 0.4) is 0 Å². The van der Waals surface area contributed by atoms with Crippen molar-refractivity contribution in [2.75, 3.05) is 12.4 Å². The van der Waals surface area contributed by atoms with E-state index in [1.165, 1.54) is 16.1 Å². The Kier molecular flexibility index (Phi) is 5.03. The van der Waals surface area contributed by atoms with E-state index in [0.717, 1.165) is 17.0 Å². The lowest BCUT2D eigenvalue weighted by Gasteiger charge is -2.18. The summed E-state index contributed by atoms with van der Waals surface area (Å²) in [7, 11) is 1.63. The molecule has 2 heterocycles. The van der Waals surface area contributed by atoms with Gasteiger partial charge in [-0.25, -0.2) is 4.98 Å². The molecule has 7 nitrogen and oxygen atoms in total. The summed E-state index contributed by atoms with van der Waals surface area (Å²) in [6, 6.07) is 17.3. The highest BCUT2D eigenvalue weighted by Crippen LogP contribution is 2.25. The number of aromatic amines is 1. The van der Waals surface area contributed by atoms with Crippen molar-refractivity contribution in [2.45, 2.75) is 32.7 Å². The summed E-state index contributed by atoms with van der Waals surface area (Å²) in [6.07, 6.45) is 0. The summed E-state index contributed by atoms with van der Waals surface area (Å²) >= 11 is 0. The highest BCUT2D eigenvalue weighted by Gasteiger charge is 2.14. The second-order valence-electron chi connectivity index (χ2n) is 8.21. The summed E-state index contributed by atoms with van der Waals surface area (Å²) in [5, 5.41) is 6.31. The first-order chi connectivity index (χ1) is 14.3. The van der Waals surface area contributed by atoms with Gasteiger partial charge in [-0.3, -0.25) is 9.89 Å². The molecule has 0 spiro atoms. The van der Waals surface area contributed by atoms with E-state index in [4.69, 9.17) is 4.74 Å². The molecule has 154 valence electrons. The molecule has 7 heteroatoms. The minimum Gasteiger partial charge on any atom is -0.497 e. The van der Waals surface area contributed by atoms with Crippen LogP contribution in [0.2, 0.25) is 0 Å². The van der Waals surface area contributed by atoms with Crippen molar-refractivity contribution in [2.24, 2.45) is 0 Å². The van der Waals surface area contributed by atoms with Crippen molar-refractivity contribution in [3.8, 4) is 17.1 Å². The van der Waals surface area contributed by atoms with Crippen LogP contribution >= 0.6 is 0 Å². The summed E-state index contributed by atoms with van der Waals surface area (Å²) in [5.41, 5.74) is 3.53. The normalized spacial score (nSPS) is 11.6. The van der Waals surface area contributed by atoms with Crippen LogP contribution in [0.4, 0.5) is 5.69 Å². The van der Waals surface area contributed by atoms with Crippen molar-refractivity contribution in [1.82, 2.24) is 19.6 Å². The molecule has 0 atom stereocenters. The Labute approximate surface area is 174 Å². The molecule has 4 rings (SSSR count). The van der Waals surface area contributed by atoms with Crippen LogP contribution in [-0.4, -0.2) is 26.7 Å². The zero-order valence-electron chi connectivity index (χ0n) is 17.6. The molecule has 0 unspecified atom stereocenters. The number of nitrogens with one attached hydrogen (secondary N) is 2. The second-order valence-corrected chi connectivity index (χ2v) is 8.21. The topological polar surface area (TPSA) is 84.3 Å². The van der Waals surface area contributed by atoms with Gasteiger partial charge in [0, 0.05) is 23.4 Å². The first-order valence-corrected chi connectivity index (χ1v) is 9.81. The highest BCUT2D eigenvalue weighted by atomic mass is 16.5. The Morgan fingerprint density at radius 3 is 2.53 bits per heavy atom. The largest absolute Gasteiger partial charge is 0.497 e. The standard InChI is InChI=1S/C23H25N5O2/c1-23(2,3)16-10-8-15(9-11-16)21-26-22-25-18(13-20(29)28(22)27-21)14-24-17-6-5-7-19(12-17)30-4/h5-13,24H,14H2,1-4H3,(H,25,26,27). The number of fused-ring (bicyclic) bond motifs is 1. The number of methoxy groups -OCH3 is 1. The van der Waals surface area contributed by atoms with Crippen molar-refractivity contribution in [1.29, 1.82) is 0 Å². The van der Waals surface area contributed by atoms with E-state index in [9.17, 15) is 4.79 Å². The van der Waals surface area contributed by atoms with Crippen molar-refractivity contribution in [3.05, 3.63) is 76.2 Å². The lowest BCUT2D eigenvalue weighted by molar-refractivity contribution is 0.415. The minimum absolute atomic E-state index is 0.0789. The Bertz CT molecular complexity index is 1230. The molecular formula is C23H25N5O2. The molecule has 2 N–H and O–H groups in total. The number of H-pyrrole nitrogens is 1. The maximum atomic E-state index is 12.5. The molecule has 0 aliphatic rings. The quantitative estimate of drug-likeness (QED) is 0.526. The van der Waals surface area contributed by atoms with Gasteiger partial charge in [0.2, 0.25) is 0 Å². The van der Waals surface area contributed by atoms with Crippen molar-refractivity contribution < 1.29 is 4.74 Å². The van der Waals surface area contributed by atoms with Crippen LogP contribution in [0.25, 0.3) is 17.2 Å². The van der Waals surface area contributed by atoms with E-state index in [-0.39, 0.29) is 11.0 Å². The Morgan fingerprint density at radius 1 is 1.07 bits per heavy atom. The monoisotopic (exact) mass is 403 g/mol. The third-order valence-corrected chi connectivity index (χ3v) is 4.95. The van der Waals surface area contributed by atoms with Gasteiger partial charge in [0.25, 0.3) is 11.3 Å². The van der Waals surface area contributed by atoms with E-state index < -0.39 is 0 Å². The van der Waals surface area contributed by atoms with Crippen LogP contribution in [-0.2, 0) is 12.0 Å². The maximum absolute atomic E-state index is 12.5.